The topological polar surface area (TPSA) is 46.2 Å². The van der Waals surface area contributed by atoms with Crippen molar-refractivity contribution >= 4 is 9.84 Å². The van der Waals surface area contributed by atoms with Crippen LogP contribution in [-0.2, 0) is 16.3 Å². The second-order valence-electron chi connectivity index (χ2n) is 4.62. The van der Waals surface area contributed by atoms with Crippen LogP contribution in [0.4, 0.5) is 0 Å². The first-order valence-electron chi connectivity index (χ1n) is 6.46. The maximum Gasteiger partial charge on any atom is 0.147 e. The number of hydrogen-bond acceptors (Lipinski definition) is 3. The molecule has 0 aliphatic heterocycles. The highest BCUT2D eigenvalue weighted by molar-refractivity contribution is 7.90. The summed E-state index contributed by atoms with van der Waals surface area (Å²) in [7, 11) is -2.90. The minimum absolute atomic E-state index is 0.121. The van der Waals surface area contributed by atoms with Gasteiger partial charge in [-0.15, -0.1) is 0 Å². The van der Waals surface area contributed by atoms with Gasteiger partial charge in [0.1, 0.15) is 9.84 Å². The van der Waals surface area contributed by atoms with E-state index in [0.29, 0.717) is 6.42 Å². The van der Waals surface area contributed by atoms with E-state index >= 15 is 0 Å². The third kappa shape index (κ3) is 5.19. The lowest BCUT2D eigenvalue weighted by Gasteiger charge is -2.18. The largest absolute Gasteiger partial charge is 0.310 e. The van der Waals surface area contributed by atoms with E-state index in [4.69, 9.17) is 0 Å². The number of hydrogen-bond donors (Lipinski definition) is 1. The Balaban J connectivity index is 2.76. The highest BCUT2D eigenvalue weighted by atomic mass is 32.2. The highest BCUT2D eigenvalue weighted by Crippen LogP contribution is 2.18. The summed E-state index contributed by atoms with van der Waals surface area (Å²) < 4.78 is 22.5. The van der Waals surface area contributed by atoms with E-state index in [1.165, 1.54) is 11.8 Å². The van der Waals surface area contributed by atoms with Crippen molar-refractivity contribution in [3.8, 4) is 0 Å². The Morgan fingerprint density at radius 3 is 2.22 bits per heavy atom. The molecule has 0 amide bonds. The maximum atomic E-state index is 11.2. The van der Waals surface area contributed by atoms with Crippen molar-refractivity contribution in [1.82, 2.24) is 5.32 Å². The van der Waals surface area contributed by atoms with E-state index in [9.17, 15) is 8.42 Å². The van der Waals surface area contributed by atoms with E-state index < -0.39 is 9.84 Å². The highest BCUT2D eigenvalue weighted by Gasteiger charge is 2.13. The fourth-order valence-corrected chi connectivity index (χ4v) is 2.61. The van der Waals surface area contributed by atoms with Gasteiger partial charge in [-0.25, -0.2) is 8.42 Å². The van der Waals surface area contributed by atoms with Gasteiger partial charge in [0.2, 0.25) is 0 Å². The molecule has 1 atom stereocenters. The van der Waals surface area contributed by atoms with E-state index in [1.807, 2.05) is 6.92 Å². The van der Waals surface area contributed by atoms with Crippen LogP contribution in [0.15, 0.2) is 24.3 Å². The smallest absolute Gasteiger partial charge is 0.147 e. The summed E-state index contributed by atoms with van der Waals surface area (Å²) in [6.45, 7) is 5.00. The van der Waals surface area contributed by atoms with Crippen LogP contribution >= 0.6 is 0 Å². The van der Waals surface area contributed by atoms with Gasteiger partial charge in [0, 0.05) is 12.3 Å². The van der Waals surface area contributed by atoms with Gasteiger partial charge >= 0.3 is 0 Å². The zero-order chi connectivity index (χ0) is 13.6. The second-order valence-corrected chi connectivity index (χ2v) is 6.88. The molecule has 18 heavy (non-hydrogen) atoms. The molecule has 0 aliphatic rings. The molecular weight excluding hydrogens is 246 g/mol. The van der Waals surface area contributed by atoms with Crippen LogP contribution in [0.2, 0.25) is 0 Å². The van der Waals surface area contributed by atoms with E-state index in [1.54, 1.807) is 0 Å². The standard InChI is InChI=1S/C14H23NO2S/c1-4-12-6-8-13(9-7-12)14(15-5-2)10-11-18(3,16)17/h6-9,14-15H,4-5,10-11H2,1-3H3. The van der Waals surface area contributed by atoms with Gasteiger partial charge in [-0.1, -0.05) is 38.1 Å². The number of aryl methyl sites for hydroxylation is 1. The van der Waals surface area contributed by atoms with E-state index in [-0.39, 0.29) is 11.8 Å². The molecule has 0 aliphatic carbocycles. The van der Waals surface area contributed by atoms with Crippen LogP contribution in [0.1, 0.15) is 37.4 Å². The Morgan fingerprint density at radius 1 is 1.17 bits per heavy atom. The van der Waals surface area contributed by atoms with Crippen molar-refractivity contribution in [3.63, 3.8) is 0 Å². The van der Waals surface area contributed by atoms with Gasteiger partial charge in [-0.3, -0.25) is 0 Å². The summed E-state index contributed by atoms with van der Waals surface area (Å²) in [4.78, 5) is 0. The summed E-state index contributed by atoms with van der Waals surface area (Å²) >= 11 is 0. The Bertz CT molecular complexity index is 451. The summed E-state index contributed by atoms with van der Waals surface area (Å²) in [5, 5.41) is 3.34. The molecule has 0 heterocycles. The molecule has 1 N–H and O–H groups in total. The first-order chi connectivity index (χ1) is 8.46. The third-order valence-corrected chi connectivity index (χ3v) is 4.00. The lowest BCUT2D eigenvalue weighted by atomic mass is 10.0. The number of rotatable bonds is 7. The van der Waals surface area contributed by atoms with Crippen LogP contribution in [0.25, 0.3) is 0 Å². The Labute approximate surface area is 111 Å². The zero-order valence-electron chi connectivity index (χ0n) is 11.4. The summed E-state index contributed by atoms with van der Waals surface area (Å²) in [6, 6.07) is 8.53. The van der Waals surface area contributed by atoms with E-state index in [0.717, 1.165) is 18.5 Å². The van der Waals surface area contributed by atoms with Crippen molar-refractivity contribution in [2.75, 3.05) is 18.6 Å². The van der Waals surface area contributed by atoms with Crippen LogP contribution in [0.5, 0.6) is 0 Å². The molecule has 0 bridgehead atoms. The van der Waals surface area contributed by atoms with Gasteiger partial charge in [0.05, 0.1) is 5.75 Å². The first-order valence-corrected chi connectivity index (χ1v) is 8.52. The molecule has 0 radical (unpaired) electrons. The number of benzene rings is 1. The molecule has 0 saturated carbocycles. The van der Waals surface area contributed by atoms with Gasteiger partial charge < -0.3 is 5.32 Å². The zero-order valence-corrected chi connectivity index (χ0v) is 12.3. The molecule has 0 saturated heterocycles. The van der Waals surface area contributed by atoms with Crippen molar-refractivity contribution in [2.24, 2.45) is 0 Å². The lowest BCUT2D eigenvalue weighted by molar-refractivity contribution is 0.530. The van der Waals surface area contributed by atoms with Gasteiger partial charge in [0.25, 0.3) is 0 Å². The molecular formula is C14H23NO2S. The molecule has 0 fully saturated rings. The number of nitrogens with one attached hydrogen (secondary N) is 1. The Morgan fingerprint density at radius 2 is 1.78 bits per heavy atom. The number of sulfone groups is 1. The van der Waals surface area contributed by atoms with Crippen LogP contribution < -0.4 is 5.32 Å². The fraction of sp³-hybridized carbons (Fsp3) is 0.571. The first kappa shape index (κ1) is 15.2. The summed E-state index contributed by atoms with van der Waals surface area (Å²) in [5.74, 6) is 0.222. The average Bonchev–Trinajstić information content (AvgIpc) is 2.33. The molecule has 1 aromatic carbocycles. The quantitative estimate of drug-likeness (QED) is 0.826. The molecule has 1 rings (SSSR count). The summed E-state index contributed by atoms with van der Waals surface area (Å²) in [6.07, 6.45) is 2.93. The molecule has 0 aromatic heterocycles. The maximum absolute atomic E-state index is 11.2. The van der Waals surface area contributed by atoms with Crippen LogP contribution in [0.3, 0.4) is 0 Å². The van der Waals surface area contributed by atoms with Crippen molar-refractivity contribution in [1.29, 1.82) is 0 Å². The second kappa shape index (κ2) is 6.90. The molecule has 102 valence electrons. The van der Waals surface area contributed by atoms with E-state index in [2.05, 4.69) is 36.5 Å². The van der Waals surface area contributed by atoms with Crippen LogP contribution in [0, 0.1) is 0 Å². The van der Waals surface area contributed by atoms with Crippen molar-refractivity contribution in [3.05, 3.63) is 35.4 Å². The predicted octanol–water partition coefficient (Wildman–Crippen LogP) is 2.33. The third-order valence-electron chi connectivity index (χ3n) is 3.02. The summed E-state index contributed by atoms with van der Waals surface area (Å²) in [5.41, 5.74) is 2.47. The van der Waals surface area contributed by atoms with Gasteiger partial charge in [-0.05, 0) is 30.5 Å². The average molecular weight is 269 g/mol. The minimum atomic E-state index is -2.90. The molecule has 1 aromatic rings. The molecule has 3 nitrogen and oxygen atoms in total. The van der Waals surface area contributed by atoms with Crippen molar-refractivity contribution < 1.29 is 8.42 Å². The normalized spacial score (nSPS) is 13.5. The molecule has 0 spiro atoms. The molecule has 4 heteroatoms. The molecule has 1 unspecified atom stereocenters. The minimum Gasteiger partial charge on any atom is -0.310 e. The van der Waals surface area contributed by atoms with Gasteiger partial charge in [-0.2, -0.15) is 0 Å². The Kier molecular flexibility index (Phi) is 5.82. The lowest BCUT2D eigenvalue weighted by Crippen LogP contribution is -2.23. The Hall–Kier alpha value is -0.870. The van der Waals surface area contributed by atoms with Gasteiger partial charge in [0.15, 0.2) is 0 Å². The van der Waals surface area contributed by atoms with Crippen molar-refractivity contribution in [2.45, 2.75) is 32.7 Å². The van der Waals surface area contributed by atoms with Crippen LogP contribution in [-0.4, -0.2) is 27.0 Å². The predicted molar refractivity (Wildman–Crippen MR) is 76.6 cm³/mol. The SMILES string of the molecule is CCNC(CCS(C)(=O)=O)c1ccc(CC)cc1. The monoisotopic (exact) mass is 269 g/mol. The fourth-order valence-electron chi connectivity index (χ4n) is 1.95.